The normalized spacial score (nSPS) is 35.3. The molecule has 2 atom stereocenters. The molecule has 1 fully saturated rings. The summed E-state index contributed by atoms with van der Waals surface area (Å²) in [5.74, 6) is 0.696. The summed E-state index contributed by atoms with van der Waals surface area (Å²) in [4.78, 5) is 0. The van der Waals surface area contributed by atoms with Crippen LogP contribution >= 0.6 is 0 Å². The van der Waals surface area contributed by atoms with Crippen LogP contribution in [0.1, 0.15) is 46.5 Å². The number of hydrogen-bond acceptors (Lipinski definition) is 0. The van der Waals surface area contributed by atoms with Crippen LogP contribution < -0.4 is 0 Å². The van der Waals surface area contributed by atoms with Gasteiger partial charge in [0.25, 0.3) is 0 Å². The minimum atomic E-state index is 0.397. The summed E-state index contributed by atoms with van der Waals surface area (Å²) in [6.45, 7) is 11.2. The molecule has 1 unspecified atom stereocenters. The molecule has 2 aliphatic rings. The summed E-state index contributed by atoms with van der Waals surface area (Å²) in [6.07, 6.45) is 9.68. The number of allylic oxidation sites excluding steroid dienone is 5. The Balaban J connectivity index is 2.30. The van der Waals surface area contributed by atoms with E-state index in [9.17, 15) is 0 Å². The first kappa shape index (κ1) is 10.7. The molecule has 2 aliphatic carbocycles. The highest BCUT2D eigenvalue weighted by Crippen LogP contribution is 2.50. The largest absolute Gasteiger partial charge is 0.0992 e. The van der Waals surface area contributed by atoms with Gasteiger partial charge in [-0.1, -0.05) is 42.4 Å². The van der Waals surface area contributed by atoms with E-state index < -0.39 is 0 Å². The van der Waals surface area contributed by atoms with E-state index in [-0.39, 0.29) is 0 Å². The van der Waals surface area contributed by atoms with E-state index in [4.69, 9.17) is 0 Å². The smallest absolute Gasteiger partial charge is 0.00749 e. The van der Waals surface area contributed by atoms with Crippen LogP contribution in [0.5, 0.6) is 0 Å². The van der Waals surface area contributed by atoms with E-state index >= 15 is 0 Å². The number of hydrogen-bond donors (Lipinski definition) is 0. The molecule has 0 N–H and O–H groups in total. The molecular weight excluding hydrogens is 180 g/mol. The van der Waals surface area contributed by atoms with E-state index in [1.807, 2.05) is 0 Å². The second-order valence-corrected chi connectivity index (χ2v) is 5.63. The monoisotopic (exact) mass is 202 g/mol. The maximum atomic E-state index is 4.26. The second-order valence-electron chi connectivity index (χ2n) is 5.63. The molecule has 0 aromatic rings. The second kappa shape index (κ2) is 3.66. The fourth-order valence-corrected chi connectivity index (χ4v) is 3.06. The summed E-state index contributed by atoms with van der Waals surface area (Å²) in [7, 11) is 0. The Labute approximate surface area is 93.8 Å². The van der Waals surface area contributed by atoms with Crippen molar-refractivity contribution in [1.29, 1.82) is 0 Å². The molecule has 2 rings (SSSR count). The zero-order valence-electron chi connectivity index (χ0n) is 10.3. The van der Waals surface area contributed by atoms with E-state index in [0.29, 0.717) is 11.3 Å². The van der Waals surface area contributed by atoms with E-state index in [2.05, 4.69) is 39.5 Å². The van der Waals surface area contributed by atoms with Gasteiger partial charge in [-0.3, -0.25) is 0 Å². The molecule has 0 nitrogen and oxygen atoms in total. The Morgan fingerprint density at radius 3 is 2.87 bits per heavy atom. The van der Waals surface area contributed by atoms with Gasteiger partial charge in [-0.25, -0.2) is 0 Å². The zero-order valence-corrected chi connectivity index (χ0v) is 10.3. The highest BCUT2D eigenvalue weighted by molar-refractivity contribution is 5.28. The van der Waals surface area contributed by atoms with Crippen molar-refractivity contribution in [2.75, 3.05) is 0 Å². The first-order chi connectivity index (χ1) is 7.03. The van der Waals surface area contributed by atoms with Gasteiger partial charge in [-0.2, -0.15) is 0 Å². The van der Waals surface area contributed by atoms with Gasteiger partial charge in [0.05, 0.1) is 0 Å². The van der Waals surface area contributed by atoms with Crippen molar-refractivity contribution in [3.05, 3.63) is 35.5 Å². The van der Waals surface area contributed by atoms with E-state index in [1.54, 1.807) is 5.57 Å². The molecule has 0 amide bonds. The van der Waals surface area contributed by atoms with Crippen molar-refractivity contribution in [2.24, 2.45) is 11.3 Å². The summed E-state index contributed by atoms with van der Waals surface area (Å²) in [6, 6.07) is 0. The standard InChI is InChI=1S/C15H22/c1-11(2)13-7-9-15(4)8-5-6-12(3)14(15)10-13/h5,8,14H,3,6-7,9-10H2,1-2,4H3/t14?,15-/m1/s1. The fraction of sp³-hybridized carbons (Fsp3) is 0.600. The zero-order chi connectivity index (χ0) is 11.1. The quantitative estimate of drug-likeness (QED) is 0.502. The molecule has 0 bridgehead atoms. The lowest BCUT2D eigenvalue weighted by molar-refractivity contribution is 0.228. The predicted octanol–water partition coefficient (Wildman–Crippen LogP) is 4.65. The third kappa shape index (κ3) is 1.82. The summed E-state index contributed by atoms with van der Waals surface area (Å²) in [5.41, 5.74) is 5.04. The van der Waals surface area contributed by atoms with Crippen molar-refractivity contribution in [2.45, 2.75) is 46.5 Å². The molecular formula is C15H22. The predicted molar refractivity (Wildman–Crippen MR) is 66.7 cm³/mol. The third-order valence-electron chi connectivity index (χ3n) is 4.29. The topological polar surface area (TPSA) is 0 Å². The lowest BCUT2D eigenvalue weighted by Crippen LogP contribution is -2.33. The lowest BCUT2D eigenvalue weighted by atomic mass is 9.60. The number of fused-ring (bicyclic) bond motifs is 1. The van der Waals surface area contributed by atoms with Crippen LogP contribution in [0.3, 0.4) is 0 Å². The maximum absolute atomic E-state index is 4.26. The van der Waals surface area contributed by atoms with Crippen LogP contribution in [0, 0.1) is 11.3 Å². The minimum absolute atomic E-state index is 0.397. The molecule has 0 spiro atoms. The average molecular weight is 202 g/mol. The SMILES string of the molecule is C=C1CC=C[C@]2(C)CCC(=C(C)C)CC12. The van der Waals surface area contributed by atoms with E-state index in [0.717, 1.165) is 6.42 Å². The first-order valence-corrected chi connectivity index (χ1v) is 6.03. The molecule has 0 aromatic carbocycles. The molecule has 15 heavy (non-hydrogen) atoms. The highest BCUT2D eigenvalue weighted by Gasteiger charge is 2.38. The van der Waals surface area contributed by atoms with E-state index in [1.165, 1.54) is 30.4 Å². The van der Waals surface area contributed by atoms with Crippen molar-refractivity contribution < 1.29 is 0 Å². The van der Waals surface area contributed by atoms with Gasteiger partial charge in [0.1, 0.15) is 0 Å². The lowest BCUT2D eigenvalue weighted by Gasteiger charge is -2.44. The molecule has 0 heteroatoms. The van der Waals surface area contributed by atoms with Gasteiger partial charge >= 0.3 is 0 Å². The Kier molecular flexibility index (Phi) is 2.62. The molecule has 0 aliphatic heterocycles. The first-order valence-electron chi connectivity index (χ1n) is 6.03. The Morgan fingerprint density at radius 2 is 2.20 bits per heavy atom. The Bertz CT molecular complexity index is 339. The molecule has 0 heterocycles. The minimum Gasteiger partial charge on any atom is -0.0992 e. The van der Waals surface area contributed by atoms with Crippen LogP contribution in [0.4, 0.5) is 0 Å². The van der Waals surface area contributed by atoms with Crippen LogP contribution in [-0.2, 0) is 0 Å². The molecule has 0 radical (unpaired) electrons. The van der Waals surface area contributed by atoms with Gasteiger partial charge in [0.2, 0.25) is 0 Å². The molecule has 82 valence electrons. The highest BCUT2D eigenvalue weighted by atomic mass is 14.4. The number of rotatable bonds is 0. The van der Waals surface area contributed by atoms with Crippen LogP contribution in [0.25, 0.3) is 0 Å². The van der Waals surface area contributed by atoms with Gasteiger partial charge in [-0.15, -0.1) is 0 Å². The van der Waals surface area contributed by atoms with Gasteiger partial charge < -0.3 is 0 Å². The van der Waals surface area contributed by atoms with Gasteiger partial charge in [-0.05, 0) is 50.9 Å². The van der Waals surface area contributed by atoms with Crippen molar-refractivity contribution in [1.82, 2.24) is 0 Å². The Hall–Kier alpha value is -0.780. The van der Waals surface area contributed by atoms with Crippen molar-refractivity contribution in [3.8, 4) is 0 Å². The van der Waals surface area contributed by atoms with Gasteiger partial charge in [0.15, 0.2) is 0 Å². The fourth-order valence-electron chi connectivity index (χ4n) is 3.06. The summed E-state index contributed by atoms with van der Waals surface area (Å²) in [5, 5.41) is 0. The molecule has 0 aromatic heterocycles. The summed E-state index contributed by atoms with van der Waals surface area (Å²) < 4.78 is 0. The van der Waals surface area contributed by atoms with Crippen LogP contribution in [-0.4, -0.2) is 0 Å². The van der Waals surface area contributed by atoms with Crippen LogP contribution in [0.15, 0.2) is 35.5 Å². The van der Waals surface area contributed by atoms with Gasteiger partial charge in [0, 0.05) is 0 Å². The Morgan fingerprint density at radius 1 is 1.47 bits per heavy atom. The van der Waals surface area contributed by atoms with Crippen molar-refractivity contribution in [3.63, 3.8) is 0 Å². The average Bonchev–Trinajstić information content (AvgIpc) is 2.17. The van der Waals surface area contributed by atoms with Crippen LogP contribution in [0.2, 0.25) is 0 Å². The molecule has 0 saturated heterocycles. The third-order valence-corrected chi connectivity index (χ3v) is 4.29. The summed E-state index contributed by atoms with van der Waals surface area (Å²) >= 11 is 0. The van der Waals surface area contributed by atoms with Crippen molar-refractivity contribution >= 4 is 0 Å². The maximum Gasteiger partial charge on any atom is -0.00749 e. The molecule has 1 saturated carbocycles.